The van der Waals surface area contributed by atoms with Crippen LogP contribution in [-0.4, -0.2) is 48.7 Å². The van der Waals surface area contributed by atoms with Gasteiger partial charge in [0, 0.05) is 43.0 Å². The molecule has 3 heterocycles. The molecule has 182 valence electrons. The first-order chi connectivity index (χ1) is 16.2. The molecule has 8 nitrogen and oxygen atoms in total. The molecule has 1 aromatic carbocycles. The summed E-state index contributed by atoms with van der Waals surface area (Å²) in [5, 5.41) is 11.8. The Hall–Kier alpha value is -2.84. The average Bonchev–Trinajstić information content (AvgIpc) is 3.47. The van der Waals surface area contributed by atoms with E-state index in [9.17, 15) is 14.7 Å². The van der Waals surface area contributed by atoms with Crippen molar-refractivity contribution in [1.29, 1.82) is 0 Å². The van der Waals surface area contributed by atoms with Gasteiger partial charge in [-0.25, -0.2) is 4.79 Å². The van der Waals surface area contributed by atoms with Crippen molar-refractivity contribution in [3.05, 3.63) is 51.3 Å². The maximum absolute atomic E-state index is 12.7. The van der Waals surface area contributed by atoms with Crippen molar-refractivity contribution < 1.29 is 24.1 Å². The van der Waals surface area contributed by atoms with Crippen LogP contribution in [0.2, 0.25) is 0 Å². The highest BCUT2D eigenvalue weighted by atomic mass is 16.5. The van der Waals surface area contributed by atoms with E-state index in [0.29, 0.717) is 25.5 Å². The molecule has 0 unspecified atom stereocenters. The Labute approximate surface area is 199 Å². The summed E-state index contributed by atoms with van der Waals surface area (Å²) in [6.07, 6.45) is 5.53. The number of hydrogen-bond acceptors (Lipinski definition) is 6. The van der Waals surface area contributed by atoms with E-state index >= 15 is 0 Å². The van der Waals surface area contributed by atoms with E-state index in [-0.39, 0.29) is 22.6 Å². The lowest BCUT2D eigenvalue weighted by atomic mass is 9.92. The standard InChI is InChI=1S/C26H32N2O6/c1-25(2)6-5-20-18-10-23(34-15-26(7-8-26)14-33-4)16(13-32-3)9-17(18)21-11-22(29)19(24(30)31)12-27(21)28(20)25/h9-12,20H,5-8,13-15H2,1-4H3,(H,30,31)/t20-/m1/s1. The fraction of sp³-hybridized carbons (Fsp3) is 0.538. The molecule has 3 aliphatic rings. The predicted molar refractivity (Wildman–Crippen MR) is 127 cm³/mol. The molecule has 0 bridgehead atoms. The van der Waals surface area contributed by atoms with Crippen molar-refractivity contribution in [2.75, 3.05) is 32.4 Å². The molecule has 1 saturated heterocycles. The molecule has 0 amide bonds. The van der Waals surface area contributed by atoms with Gasteiger partial charge in [0.2, 0.25) is 0 Å². The molecular weight excluding hydrogens is 436 g/mol. The van der Waals surface area contributed by atoms with Gasteiger partial charge in [-0.3, -0.25) is 14.5 Å². The molecule has 1 N–H and O–H groups in total. The number of ether oxygens (including phenoxy) is 3. The Morgan fingerprint density at radius 3 is 2.53 bits per heavy atom. The molecule has 2 aliphatic heterocycles. The van der Waals surface area contributed by atoms with Crippen molar-refractivity contribution in [2.24, 2.45) is 5.41 Å². The Kier molecular flexibility index (Phi) is 5.48. The van der Waals surface area contributed by atoms with Gasteiger partial charge in [0.1, 0.15) is 11.3 Å². The maximum atomic E-state index is 12.7. The molecule has 1 saturated carbocycles. The number of fused-ring (bicyclic) bond motifs is 6. The third kappa shape index (κ3) is 3.69. The molecule has 34 heavy (non-hydrogen) atoms. The number of rotatable bonds is 8. The number of carboxylic acids is 1. The summed E-state index contributed by atoms with van der Waals surface area (Å²) in [5.41, 5.74) is 2.78. The maximum Gasteiger partial charge on any atom is 0.341 e. The highest BCUT2D eigenvalue weighted by Crippen LogP contribution is 2.50. The van der Waals surface area contributed by atoms with Crippen LogP contribution in [0.25, 0.3) is 11.3 Å². The first-order valence-electron chi connectivity index (χ1n) is 11.8. The van der Waals surface area contributed by atoms with Gasteiger partial charge in [-0.05, 0) is 57.2 Å². The lowest BCUT2D eigenvalue weighted by Crippen LogP contribution is -2.50. The molecule has 1 aromatic heterocycles. The number of pyridine rings is 1. The van der Waals surface area contributed by atoms with Crippen LogP contribution in [0.4, 0.5) is 0 Å². The van der Waals surface area contributed by atoms with Crippen molar-refractivity contribution in [1.82, 2.24) is 4.68 Å². The summed E-state index contributed by atoms with van der Waals surface area (Å²) in [4.78, 5) is 24.4. The summed E-state index contributed by atoms with van der Waals surface area (Å²) < 4.78 is 19.1. The number of carbonyl (C=O) groups is 1. The van der Waals surface area contributed by atoms with Gasteiger partial charge in [-0.1, -0.05) is 0 Å². The first kappa shape index (κ1) is 22.9. The fourth-order valence-electron chi connectivity index (χ4n) is 5.53. The van der Waals surface area contributed by atoms with Crippen molar-refractivity contribution >= 4 is 5.97 Å². The fourth-order valence-corrected chi connectivity index (χ4v) is 5.53. The summed E-state index contributed by atoms with van der Waals surface area (Å²) in [6, 6.07) is 5.64. The zero-order valence-corrected chi connectivity index (χ0v) is 20.2. The van der Waals surface area contributed by atoms with E-state index in [2.05, 4.69) is 24.9 Å². The minimum atomic E-state index is -1.21. The number of benzene rings is 1. The minimum absolute atomic E-state index is 0.0504. The lowest BCUT2D eigenvalue weighted by Gasteiger charge is -2.44. The van der Waals surface area contributed by atoms with Crippen LogP contribution in [0.15, 0.2) is 29.2 Å². The number of nitrogens with zero attached hydrogens (tertiary/aromatic N) is 2. The zero-order chi connectivity index (χ0) is 24.3. The molecule has 1 atom stereocenters. The van der Waals surface area contributed by atoms with E-state index in [4.69, 9.17) is 14.2 Å². The topological polar surface area (TPSA) is 90.2 Å². The van der Waals surface area contributed by atoms with Crippen LogP contribution in [-0.2, 0) is 16.1 Å². The van der Waals surface area contributed by atoms with Crippen LogP contribution in [0.5, 0.6) is 5.75 Å². The molecule has 2 fully saturated rings. The SMILES string of the molecule is COCc1cc2c(cc1OCC1(COC)CC1)[C@H]1CCC(C)(C)N1n1cc(C(=O)O)c(=O)cc1-2. The minimum Gasteiger partial charge on any atom is -0.493 e. The normalized spacial score (nSPS) is 20.9. The molecule has 8 heteroatoms. The third-order valence-electron chi connectivity index (χ3n) is 7.55. The molecule has 0 spiro atoms. The zero-order valence-electron chi connectivity index (χ0n) is 20.2. The second kappa shape index (κ2) is 8.13. The molecule has 5 rings (SSSR count). The monoisotopic (exact) mass is 468 g/mol. The van der Waals surface area contributed by atoms with Gasteiger partial charge in [0.15, 0.2) is 5.43 Å². The van der Waals surface area contributed by atoms with Crippen LogP contribution in [0.1, 0.15) is 67.1 Å². The van der Waals surface area contributed by atoms with Gasteiger partial charge < -0.3 is 19.3 Å². The van der Waals surface area contributed by atoms with Crippen LogP contribution in [0.3, 0.4) is 0 Å². The second-order valence-corrected chi connectivity index (χ2v) is 10.5. The van der Waals surface area contributed by atoms with Gasteiger partial charge in [0.25, 0.3) is 0 Å². The molecule has 1 aliphatic carbocycles. The number of hydrogen-bond donors (Lipinski definition) is 1. The second-order valence-electron chi connectivity index (χ2n) is 10.5. The van der Waals surface area contributed by atoms with Crippen LogP contribution >= 0.6 is 0 Å². The quantitative estimate of drug-likeness (QED) is 0.631. The Balaban J connectivity index is 1.64. The van der Waals surface area contributed by atoms with E-state index in [1.807, 2.05) is 10.7 Å². The van der Waals surface area contributed by atoms with Gasteiger partial charge in [-0.15, -0.1) is 0 Å². The summed E-state index contributed by atoms with van der Waals surface area (Å²) in [5.74, 6) is -0.417. The van der Waals surface area contributed by atoms with Gasteiger partial charge in [-0.2, -0.15) is 0 Å². The first-order valence-corrected chi connectivity index (χ1v) is 11.8. The third-order valence-corrected chi connectivity index (χ3v) is 7.55. The van der Waals surface area contributed by atoms with Crippen LogP contribution < -0.4 is 15.2 Å². The Morgan fingerprint density at radius 2 is 1.88 bits per heavy atom. The van der Waals surface area contributed by atoms with Gasteiger partial charge >= 0.3 is 5.97 Å². The molecular formula is C26H32N2O6. The number of aromatic nitrogens is 1. The van der Waals surface area contributed by atoms with E-state index in [0.717, 1.165) is 48.1 Å². The average molecular weight is 469 g/mol. The molecule has 2 aromatic rings. The van der Waals surface area contributed by atoms with E-state index in [1.165, 1.54) is 12.3 Å². The summed E-state index contributed by atoms with van der Waals surface area (Å²) in [7, 11) is 3.37. The van der Waals surface area contributed by atoms with Crippen molar-refractivity contribution in [2.45, 2.75) is 57.7 Å². The van der Waals surface area contributed by atoms with Crippen LogP contribution in [0, 0.1) is 5.41 Å². The van der Waals surface area contributed by atoms with E-state index < -0.39 is 11.4 Å². The highest BCUT2D eigenvalue weighted by molar-refractivity contribution is 5.88. The smallest absolute Gasteiger partial charge is 0.341 e. The lowest BCUT2D eigenvalue weighted by molar-refractivity contribution is 0.0694. The predicted octanol–water partition coefficient (Wildman–Crippen LogP) is 3.73. The largest absolute Gasteiger partial charge is 0.493 e. The Morgan fingerprint density at radius 1 is 1.12 bits per heavy atom. The Bertz CT molecular complexity index is 1200. The highest BCUT2D eigenvalue weighted by Gasteiger charge is 2.46. The molecule has 0 radical (unpaired) electrons. The van der Waals surface area contributed by atoms with Gasteiger partial charge in [0.05, 0.1) is 37.1 Å². The number of aromatic carboxylic acids is 1. The summed E-state index contributed by atoms with van der Waals surface area (Å²) >= 11 is 0. The van der Waals surface area contributed by atoms with Crippen molar-refractivity contribution in [3.63, 3.8) is 0 Å². The number of carboxylic acid groups (broad SMARTS) is 1. The summed E-state index contributed by atoms with van der Waals surface area (Å²) in [6.45, 7) is 5.95. The van der Waals surface area contributed by atoms with E-state index in [1.54, 1.807) is 14.2 Å². The number of methoxy groups -OCH3 is 2. The van der Waals surface area contributed by atoms with Crippen molar-refractivity contribution in [3.8, 4) is 17.0 Å².